The Morgan fingerprint density at radius 3 is 2.46 bits per heavy atom. The van der Waals surface area contributed by atoms with E-state index in [4.69, 9.17) is 21.1 Å². The number of hydrogen-bond donors (Lipinski definition) is 1. The van der Waals surface area contributed by atoms with Gasteiger partial charge in [-0.25, -0.2) is 0 Å². The van der Waals surface area contributed by atoms with Crippen LogP contribution in [0.5, 0.6) is 11.5 Å². The molecular weight excluding hydrogens is 336 g/mol. The average Bonchev–Trinajstić information content (AvgIpc) is 2.56. The molecule has 0 fully saturated rings. The van der Waals surface area contributed by atoms with Crippen LogP contribution in [0.3, 0.4) is 0 Å². The highest BCUT2D eigenvalue weighted by atomic mass is 35.5. The van der Waals surface area contributed by atoms with Gasteiger partial charge in [-0.1, -0.05) is 29.8 Å². The third kappa shape index (κ3) is 3.94. The molecule has 0 atom stereocenters. The van der Waals surface area contributed by atoms with E-state index in [0.29, 0.717) is 22.7 Å². The Morgan fingerprint density at radius 1 is 1.21 bits per heavy atom. The predicted octanol–water partition coefficient (Wildman–Crippen LogP) is 3.45. The van der Waals surface area contributed by atoms with Gasteiger partial charge in [0.15, 0.2) is 11.5 Å². The lowest BCUT2D eigenvalue weighted by atomic mass is 10.1. The first-order chi connectivity index (χ1) is 11.5. The number of carbonyl (C=O) groups is 1. The lowest BCUT2D eigenvalue weighted by Gasteiger charge is -2.12. The summed E-state index contributed by atoms with van der Waals surface area (Å²) in [5, 5.41) is 13.9. The second-order valence-corrected chi connectivity index (χ2v) is 5.21. The smallest absolute Gasteiger partial charge is 0.273 e. The zero-order valence-corrected chi connectivity index (χ0v) is 13.8. The first-order valence-electron chi connectivity index (χ1n) is 6.90. The van der Waals surface area contributed by atoms with Crippen LogP contribution in [0.15, 0.2) is 36.4 Å². The second-order valence-electron chi connectivity index (χ2n) is 4.80. The van der Waals surface area contributed by atoms with Gasteiger partial charge in [-0.15, -0.1) is 0 Å². The fraction of sp³-hybridized carbons (Fsp3) is 0.188. The number of ether oxygens (including phenoxy) is 2. The molecule has 2 rings (SSSR count). The lowest BCUT2D eigenvalue weighted by molar-refractivity contribution is -0.385. The molecule has 126 valence electrons. The highest BCUT2D eigenvalue weighted by molar-refractivity contribution is 6.34. The number of nitro benzene ring substituents is 1. The van der Waals surface area contributed by atoms with Crippen molar-refractivity contribution in [3.63, 3.8) is 0 Å². The van der Waals surface area contributed by atoms with E-state index in [2.05, 4.69) is 5.32 Å². The van der Waals surface area contributed by atoms with Gasteiger partial charge in [-0.05, 0) is 0 Å². The lowest BCUT2D eigenvalue weighted by Crippen LogP contribution is -2.15. The van der Waals surface area contributed by atoms with Crippen molar-refractivity contribution in [1.29, 1.82) is 0 Å². The summed E-state index contributed by atoms with van der Waals surface area (Å²) in [5.74, 6) is 0.403. The van der Waals surface area contributed by atoms with E-state index < -0.39 is 10.8 Å². The van der Waals surface area contributed by atoms with Crippen LogP contribution < -0.4 is 14.8 Å². The number of carbonyl (C=O) groups excluding carboxylic acids is 1. The summed E-state index contributed by atoms with van der Waals surface area (Å²) in [4.78, 5) is 22.7. The Balaban J connectivity index is 2.20. The van der Waals surface area contributed by atoms with Gasteiger partial charge in [0.1, 0.15) is 0 Å². The molecular formula is C16H15ClN2O5. The Kier molecular flexibility index (Phi) is 5.59. The molecule has 24 heavy (non-hydrogen) atoms. The van der Waals surface area contributed by atoms with Gasteiger partial charge >= 0.3 is 0 Å². The number of nitrogens with zero attached hydrogens (tertiary/aromatic N) is 1. The Morgan fingerprint density at radius 2 is 1.83 bits per heavy atom. The van der Waals surface area contributed by atoms with Crippen molar-refractivity contribution in [3.05, 3.63) is 57.1 Å². The second kappa shape index (κ2) is 7.65. The van der Waals surface area contributed by atoms with Crippen LogP contribution in [-0.4, -0.2) is 25.1 Å². The first-order valence-corrected chi connectivity index (χ1v) is 7.27. The third-order valence-corrected chi connectivity index (χ3v) is 3.60. The molecule has 0 bridgehead atoms. The number of halogens is 1. The van der Waals surface area contributed by atoms with Crippen molar-refractivity contribution in [2.45, 2.75) is 6.42 Å². The Labute approximate surface area is 143 Å². The first kappa shape index (κ1) is 17.6. The van der Waals surface area contributed by atoms with Gasteiger partial charge in [-0.3, -0.25) is 14.9 Å². The van der Waals surface area contributed by atoms with E-state index in [1.807, 2.05) is 0 Å². The molecule has 8 heteroatoms. The molecule has 0 aliphatic carbocycles. The van der Waals surface area contributed by atoms with Crippen LogP contribution in [0, 0.1) is 10.1 Å². The fourth-order valence-corrected chi connectivity index (χ4v) is 2.36. The minimum absolute atomic E-state index is 0.106. The van der Waals surface area contributed by atoms with E-state index in [-0.39, 0.29) is 17.1 Å². The maximum atomic E-state index is 12.2. The number of para-hydroxylation sites is 1. The molecule has 2 aromatic carbocycles. The predicted molar refractivity (Wildman–Crippen MR) is 90.0 cm³/mol. The van der Waals surface area contributed by atoms with Crippen LogP contribution in [0.4, 0.5) is 11.4 Å². The average molecular weight is 351 g/mol. The van der Waals surface area contributed by atoms with E-state index in [9.17, 15) is 14.9 Å². The molecule has 0 aliphatic heterocycles. The molecule has 0 heterocycles. The molecule has 0 radical (unpaired) electrons. The van der Waals surface area contributed by atoms with Crippen molar-refractivity contribution < 1.29 is 19.2 Å². The number of amides is 1. The number of nitro groups is 1. The zero-order chi connectivity index (χ0) is 17.7. The number of rotatable bonds is 6. The van der Waals surface area contributed by atoms with Crippen molar-refractivity contribution in [2.75, 3.05) is 19.5 Å². The van der Waals surface area contributed by atoms with Crippen LogP contribution in [0.25, 0.3) is 0 Å². The summed E-state index contributed by atoms with van der Waals surface area (Å²) in [7, 11) is 2.94. The van der Waals surface area contributed by atoms with E-state index in [1.165, 1.54) is 38.5 Å². The van der Waals surface area contributed by atoms with E-state index in [1.54, 1.807) is 12.1 Å². The van der Waals surface area contributed by atoms with Gasteiger partial charge in [0.2, 0.25) is 5.91 Å². The maximum Gasteiger partial charge on any atom is 0.273 e. The van der Waals surface area contributed by atoms with Crippen molar-refractivity contribution >= 4 is 28.9 Å². The van der Waals surface area contributed by atoms with Crippen LogP contribution in [-0.2, 0) is 11.2 Å². The SMILES string of the molecule is COc1cc(Cl)c(NC(=O)Cc2ccccc2[N+](=O)[O-])cc1OC. The summed E-state index contributed by atoms with van der Waals surface area (Å²) in [6.45, 7) is 0. The number of hydrogen-bond acceptors (Lipinski definition) is 5. The largest absolute Gasteiger partial charge is 0.493 e. The van der Waals surface area contributed by atoms with Crippen molar-refractivity contribution in [1.82, 2.24) is 0 Å². The molecule has 0 saturated heterocycles. The molecule has 0 unspecified atom stereocenters. The van der Waals surface area contributed by atoms with E-state index in [0.717, 1.165) is 0 Å². The molecule has 1 N–H and O–H groups in total. The number of anilines is 1. The molecule has 0 aromatic heterocycles. The number of nitrogens with one attached hydrogen (secondary N) is 1. The monoisotopic (exact) mass is 350 g/mol. The minimum Gasteiger partial charge on any atom is -0.493 e. The van der Waals surface area contributed by atoms with Crippen LogP contribution in [0.1, 0.15) is 5.56 Å². The van der Waals surface area contributed by atoms with E-state index >= 15 is 0 Å². The topological polar surface area (TPSA) is 90.7 Å². The van der Waals surface area contributed by atoms with Gasteiger partial charge in [0, 0.05) is 23.8 Å². The quantitative estimate of drug-likeness (QED) is 0.636. The molecule has 2 aromatic rings. The third-order valence-electron chi connectivity index (χ3n) is 3.29. The van der Waals surface area contributed by atoms with Gasteiger partial charge < -0.3 is 14.8 Å². The standard InChI is InChI=1S/C16H15ClN2O5/c1-23-14-8-11(17)12(9-15(14)24-2)18-16(20)7-10-5-3-4-6-13(10)19(21)22/h3-6,8-9H,7H2,1-2H3,(H,18,20). The molecule has 0 saturated carbocycles. The number of benzene rings is 2. The maximum absolute atomic E-state index is 12.2. The Bertz CT molecular complexity index is 779. The molecule has 0 aliphatic rings. The summed E-state index contributed by atoms with van der Waals surface area (Å²) >= 11 is 6.11. The van der Waals surface area contributed by atoms with Gasteiger partial charge in [0.05, 0.1) is 36.3 Å². The number of methoxy groups -OCH3 is 2. The molecule has 0 spiro atoms. The zero-order valence-electron chi connectivity index (χ0n) is 13.0. The highest BCUT2D eigenvalue weighted by Gasteiger charge is 2.17. The normalized spacial score (nSPS) is 10.1. The summed E-state index contributed by atoms with van der Waals surface area (Å²) in [5.41, 5.74) is 0.542. The molecule has 7 nitrogen and oxygen atoms in total. The Hall–Kier alpha value is -2.80. The highest BCUT2D eigenvalue weighted by Crippen LogP contribution is 2.36. The van der Waals surface area contributed by atoms with Crippen molar-refractivity contribution in [3.8, 4) is 11.5 Å². The minimum atomic E-state index is -0.522. The summed E-state index contributed by atoms with van der Waals surface area (Å²) < 4.78 is 10.3. The summed E-state index contributed by atoms with van der Waals surface area (Å²) in [6, 6.07) is 9.11. The van der Waals surface area contributed by atoms with Crippen LogP contribution >= 0.6 is 11.6 Å². The fourth-order valence-electron chi connectivity index (χ4n) is 2.16. The molecule has 1 amide bonds. The summed E-state index contributed by atoms with van der Waals surface area (Å²) in [6.07, 6.45) is -0.151. The van der Waals surface area contributed by atoms with Gasteiger partial charge in [0.25, 0.3) is 5.69 Å². The van der Waals surface area contributed by atoms with Crippen molar-refractivity contribution in [2.24, 2.45) is 0 Å². The van der Waals surface area contributed by atoms with Gasteiger partial charge in [-0.2, -0.15) is 0 Å². The van der Waals surface area contributed by atoms with Crippen LogP contribution in [0.2, 0.25) is 5.02 Å².